The van der Waals surface area contributed by atoms with Crippen molar-refractivity contribution < 1.29 is 4.79 Å². The van der Waals surface area contributed by atoms with Gasteiger partial charge in [0.1, 0.15) is 0 Å². The number of nitrogens with zero attached hydrogens (tertiary/aromatic N) is 1. The van der Waals surface area contributed by atoms with Gasteiger partial charge < -0.3 is 5.32 Å². The second kappa shape index (κ2) is 8.13. The Kier molecular flexibility index (Phi) is 5.67. The minimum absolute atomic E-state index is 0.0697. The van der Waals surface area contributed by atoms with Gasteiger partial charge >= 0.3 is 0 Å². The molecule has 1 aliphatic heterocycles. The van der Waals surface area contributed by atoms with Gasteiger partial charge in [0.15, 0.2) is 0 Å². The van der Waals surface area contributed by atoms with Crippen LogP contribution in [0.25, 0.3) is 0 Å². The SMILES string of the molecule is Cc1ccc(C)c(CNC(=O)C2=CCN(Cc3ccccc3)CC2)c1. The second-order valence-corrected chi connectivity index (χ2v) is 6.81. The summed E-state index contributed by atoms with van der Waals surface area (Å²) in [7, 11) is 0. The van der Waals surface area contributed by atoms with Gasteiger partial charge in [0, 0.05) is 31.8 Å². The summed E-state index contributed by atoms with van der Waals surface area (Å²) in [6, 6.07) is 16.8. The van der Waals surface area contributed by atoms with Gasteiger partial charge in [-0.1, -0.05) is 60.2 Å². The molecule has 3 heteroatoms. The van der Waals surface area contributed by atoms with Crippen molar-refractivity contribution in [1.29, 1.82) is 0 Å². The number of carbonyl (C=O) groups is 1. The molecule has 0 atom stereocenters. The maximum atomic E-state index is 12.4. The molecule has 25 heavy (non-hydrogen) atoms. The Balaban J connectivity index is 1.52. The van der Waals surface area contributed by atoms with E-state index in [0.29, 0.717) is 6.54 Å². The Morgan fingerprint density at radius 1 is 1.12 bits per heavy atom. The lowest BCUT2D eigenvalue weighted by Gasteiger charge is -2.26. The molecule has 0 aromatic heterocycles. The summed E-state index contributed by atoms with van der Waals surface area (Å²) in [6.07, 6.45) is 2.89. The van der Waals surface area contributed by atoms with E-state index in [1.54, 1.807) is 0 Å². The molecule has 1 amide bonds. The first-order valence-electron chi connectivity index (χ1n) is 8.91. The van der Waals surface area contributed by atoms with Gasteiger partial charge in [-0.2, -0.15) is 0 Å². The lowest BCUT2D eigenvalue weighted by atomic mass is 10.0. The van der Waals surface area contributed by atoms with Crippen molar-refractivity contribution in [2.45, 2.75) is 33.4 Å². The zero-order chi connectivity index (χ0) is 17.6. The Morgan fingerprint density at radius 2 is 1.92 bits per heavy atom. The Morgan fingerprint density at radius 3 is 2.64 bits per heavy atom. The monoisotopic (exact) mass is 334 g/mol. The van der Waals surface area contributed by atoms with E-state index in [2.05, 4.69) is 72.6 Å². The van der Waals surface area contributed by atoms with Crippen molar-refractivity contribution in [1.82, 2.24) is 10.2 Å². The molecule has 0 aliphatic carbocycles. The molecule has 0 fully saturated rings. The third-order valence-corrected chi connectivity index (χ3v) is 4.78. The lowest BCUT2D eigenvalue weighted by Crippen LogP contribution is -2.33. The van der Waals surface area contributed by atoms with Gasteiger partial charge in [0.05, 0.1) is 0 Å². The van der Waals surface area contributed by atoms with Crippen molar-refractivity contribution in [2.24, 2.45) is 0 Å². The van der Waals surface area contributed by atoms with Crippen LogP contribution in [-0.4, -0.2) is 23.9 Å². The Labute approximate surface area is 150 Å². The first-order valence-corrected chi connectivity index (χ1v) is 8.91. The number of rotatable bonds is 5. The van der Waals surface area contributed by atoms with E-state index in [-0.39, 0.29) is 5.91 Å². The predicted octanol–water partition coefficient (Wildman–Crippen LogP) is 3.75. The molecule has 2 aromatic carbocycles. The molecular weight excluding hydrogens is 308 g/mol. The van der Waals surface area contributed by atoms with Gasteiger partial charge in [0.2, 0.25) is 5.91 Å². The molecule has 0 saturated heterocycles. The fraction of sp³-hybridized carbons (Fsp3) is 0.318. The average molecular weight is 334 g/mol. The molecule has 0 radical (unpaired) electrons. The standard InChI is InChI=1S/C22H26N2O/c1-17-8-9-18(2)21(14-17)15-23-22(25)20-10-12-24(13-11-20)16-19-6-4-3-5-7-19/h3-10,14H,11-13,15-16H2,1-2H3,(H,23,25). The number of carbonyl (C=O) groups excluding carboxylic acids is 1. The molecule has 1 heterocycles. The van der Waals surface area contributed by atoms with Crippen molar-refractivity contribution in [3.05, 3.63) is 82.4 Å². The highest BCUT2D eigenvalue weighted by Gasteiger charge is 2.17. The Bertz CT molecular complexity index is 765. The minimum Gasteiger partial charge on any atom is -0.348 e. The number of nitrogens with one attached hydrogen (secondary N) is 1. The lowest BCUT2D eigenvalue weighted by molar-refractivity contribution is -0.117. The van der Waals surface area contributed by atoms with E-state index in [4.69, 9.17) is 0 Å². The van der Waals surface area contributed by atoms with Crippen LogP contribution in [0.5, 0.6) is 0 Å². The topological polar surface area (TPSA) is 32.3 Å². The Hall–Kier alpha value is -2.39. The van der Waals surface area contributed by atoms with Crippen molar-refractivity contribution in [3.63, 3.8) is 0 Å². The first kappa shape index (κ1) is 17.4. The highest BCUT2D eigenvalue weighted by molar-refractivity contribution is 5.93. The molecule has 3 nitrogen and oxygen atoms in total. The first-order chi connectivity index (χ1) is 12.1. The number of benzene rings is 2. The molecule has 0 spiro atoms. The van der Waals surface area contributed by atoms with Gasteiger partial charge in [-0.25, -0.2) is 0 Å². The van der Waals surface area contributed by atoms with E-state index >= 15 is 0 Å². The second-order valence-electron chi connectivity index (χ2n) is 6.81. The van der Waals surface area contributed by atoms with E-state index in [1.807, 2.05) is 6.07 Å². The number of hydrogen-bond donors (Lipinski definition) is 1. The summed E-state index contributed by atoms with van der Waals surface area (Å²) in [5.41, 5.74) is 5.87. The zero-order valence-electron chi connectivity index (χ0n) is 15.1. The van der Waals surface area contributed by atoms with Gasteiger partial charge in [-0.05, 0) is 37.0 Å². The molecule has 1 N–H and O–H groups in total. The van der Waals surface area contributed by atoms with Crippen molar-refractivity contribution in [2.75, 3.05) is 13.1 Å². The van der Waals surface area contributed by atoms with Gasteiger partial charge in [-0.3, -0.25) is 9.69 Å². The smallest absolute Gasteiger partial charge is 0.247 e. The van der Waals surface area contributed by atoms with Crippen LogP contribution in [0.15, 0.2) is 60.2 Å². The maximum absolute atomic E-state index is 12.4. The largest absolute Gasteiger partial charge is 0.348 e. The van der Waals surface area contributed by atoms with Gasteiger partial charge in [-0.15, -0.1) is 0 Å². The third kappa shape index (κ3) is 4.80. The third-order valence-electron chi connectivity index (χ3n) is 4.78. The number of amides is 1. The summed E-state index contributed by atoms with van der Waals surface area (Å²) in [5, 5.41) is 3.08. The van der Waals surface area contributed by atoms with E-state index in [9.17, 15) is 4.79 Å². The molecule has 2 aromatic rings. The quantitative estimate of drug-likeness (QED) is 0.903. The van der Waals surface area contributed by atoms with Crippen LogP contribution in [0.1, 0.15) is 28.7 Å². The van der Waals surface area contributed by atoms with E-state index < -0.39 is 0 Å². The van der Waals surface area contributed by atoms with E-state index in [1.165, 1.54) is 22.3 Å². The van der Waals surface area contributed by atoms with Crippen LogP contribution in [0.2, 0.25) is 0 Å². The molecule has 1 aliphatic rings. The summed E-state index contributed by atoms with van der Waals surface area (Å²) >= 11 is 0. The molecular formula is C22H26N2O. The van der Waals surface area contributed by atoms with Crippen LogP contribution in [0, 0.1) is 13.8 Å². The van der Waals surface area contributed by atoms with Crippen molar-refractivity contribution >= 4 is 5.91 Å². The van der Waals surface area contributed by atoms with Crippen LogP contribution < -0.4 is 5.32 Å². The molecule has 0 bridgehead atoms. The minimum atomic E-state index is 0.0697. The molecule has 3 rings (SSSR count). The number of hydrogen-bond acceptors (Lipinski definition) is 2. The number of aryl methyl sites for hydroxylation is 2. The fourth-order valence-corrected chi connectivity index (χ4v) is 3.18. The van der Waals surface area contributed by atoms with E-state index in [0.717, 1.165) is 31.6 Å². The van der Waals surface area contributed by atoms with Crippen LogP contribution in [-0.2, 0) is 17.9 Å². The van der Waals surface area contributed by atoms with Crippen LogP contribution in [0.4, 0.5) is 0 Å². The summed E-state index contributed by atoms with van der Waals surface area (Å²) < 4.78 is 0. The van der Waals surface area contributed by atoms with Crippen LogP contribution >= 0.6 is 0 Å². The molecule has 130 valence electrons. The summed E-state index contributed by atoms with van der Waals surface area (Å²) in [4.78, 5) is 14.8. The fourth-order valence-electron chi connectivity index (χ4n) is 3.18. The average Bonchev–Trinajstić information content (AvgIpc) is 2.64. The summed E-state index contributed by atoms with van der Waals surface area (Å²) in [6.45, 7) is 7.46. The van der Waals surface area contributed by atoms with Crippen molar-refractivity contribution in [3.8, 4) is 0 Å². The maximum Gasteiger partial charge on any atom is 0.247 e. The van der Waals surface area contributed by atoms with Gasteiger partial charge in [0.25, 0.3) is 0 Å². The molecule has 0 saturated carbocycles. The summed E-state index contributed by atoms with van der Waals surface area (Å²) in [5.74, 6) is 0.0697. The highest BCUT2D eigenvalue weighted by Crippen LogP contribution is 2.15. The highest BCUT2D eigenvalue weighted by atomic mass is 16.1. The van der Waals surface area contributed by atoms with Crippen LogP contribution in [0.3, 0.4) is 0 Å². The molecule has 0 unspecified atom stereocenters. The zero-order valence-corrected chi connectivity index (χ0v) is 15.1. The normalized spacial score (nSPS) is 14.9. The predicted molar refractivity (Wildman–Crippen MR) is 102 cm³/mol.